The van der Waals surface area contributed by atoms with E-state index in [4.69, 9.17) is 9.84 Å². The van der Waals surface area contributed by atoms with Crippen molar-refractivity contribution in [1.82, 2.24) is 4.90 Å². The molecule has 4 rings (SSSR count). The van der Waals surface area contributed by atoms with Gasteiger partial charge >= 0.3 is 5.97 Å². The zero-order valence-corrected chi connectivity index (χ0v) is 20.7. The first kappa shape index (κ1) is 25.3. The van der Waals surface area contributed by atoms with Gasteiger partial charge in [-0.2, -0.15) is 0 Å². The van der Waals surface area contributed by atoms with Crippen molar-refractivity contribution in [3.05, 3.63) is 76.7 Å². The first-order chi connectivity index (χ1) is 15.6. The van der Waals surface area contributed by atoms with Gasteiger partial charge in [-0.15, -0.1) is 23.7 Å². The summed E-state index contributed by atoms with van der Waals surface area (Å²) in [5, 5.41) is 8.84. The predicted octanol–water partition coefficient (Wildman–Crippen LogP) is 6.44. The molecule has 0 saturated carbocycles. The fourth-order valence-corrected chi connectivity index (χ4v) is 5.19. The Labute approximate surface area is 206 Å². The quantitative estimate of drug-likeness (QED) is 0.358. The Morgan fingerprint density at radius 2 is 1.76 bits per heavy atom. The standard InChI is InChI=1S/C27H31NO3S.ClH/c1-20-6-15-26(32-20)23-11-7-21(8-12-23)18-22-9-13-25(14-10-22)31-19-24-4-2-16-28(24)17-3-5-27(29)30;/h6-15,24H,2-5,16-19H2,1H3,(H,29,30);1H/t24-;/m1./s1. The van der Waals surface area contributed by atoms with E-state index in [1.165, 1.54) is 26.4 Å². The number of carboxylic acids is 1. The SMILES string of the molecule is Cc1ccc(-c2ccc(Cc3ccc(OC[C@H]4CCCN4CCCC(=O)O)cc3)cc2)s1.Cl. The number of carbonyl (C=O) groups is 1. The molecule has 4 nitrogen and oxygen atoms in total. The minimum Gasteiger partial charge on any atom is -0.492 e. The monoisotopic (exact) mass is 485 g/mol. The van der Waals surface area contributed by atoms with Crippen LogP contribution in [0.15, 0.2) is 60.7 Å². The van der Waals surface area contributed by atoms with Crippen molar-refractivity contribution in [2.24, 2.45) is 0 Å². The van der Waals surface area contributed by atoms with E-state index in [0.29, 0.717) is 19.1 Å². The molecule has 1 aromatic heterocycles. The highest BCUT2D eigenvalue weighted by molar-refractivity contribution is 7.15. The number of hydrogen-bond donors (Lipinski definition) is 1. The zero-order valence-electron chi connectivity index (χ0n) is 19.0. The molecule has 0 amide bonds. The van der Waals surface area contributed by atoms with Crippen LogP contribution in [0.5, 0.6) is 5.75 Å². The molecule has 0 aliphatic carbocycles. The maximum atomic E-state index is 10.7. The van der Waals surface area contributed by atoms with Crippen LogP contribution in [0.3, 0.4) is 0 Å². The summed E-state index contributed by atoms with van der Waals surface area (Å²) in [6, 6.07) is 22.0. The second-order valence-electron chi connectivity index (χ2n) is 8.57. The minimum absolute atomic E-state index is 0. The molecule has 176 valence electrons. The smallest absolute Gasteiger partial charge is 0.303 e. The van der Waals surface area contributed by atoms with Gasteiger partial charge in [-0.25, -0.2) is 0 Å². The van der Waals surface area contributed by atoms with Gasteiger partial charge in [0.05, 0.1) is 0 Å². The largest absolute Gasteiger partial charge is 0.492 e. The predicted molar refractivity (Wildman–Crippen MR) is 138 cm³/mol. The number of aryl methyl sites for hydroxylation is 1. The molecule has 33 heavy (non-hydrogen) atoms. The summed E-state index contributed by atoms with van der Waals surface area (Å²) in [5.74, 6) is 0.181. The fourth-order valence-electron chi connectivity index (χ4n) is 4.32. The third kappa shape index (κ3) is 7.32. The van der Waals surface area contributed by atoms with E-state index in [1.807, 2.05) is 11.3 Å². The number of carboxylic acid groups (broad SMARTS) is 1. The van der Waals surface area contributed by atoms with Crippen LogP contribution in [0.4, 0.5) is 0 Å². The van der Waals surface area contributed by atoms with Gasteiger partial charge in [0.1, 0.15) is 12.4 Å². The van der Waals surface area contributed by atoms with Crippen molar-refractivity contribution >= 4 is 29.7 Å². The van der Waals surface area contributed by atoms with E-state index in [1.54, 1.807) is 0 Å². The average molecular weight is 486 g/mol. The molecule has 6 heteroatoms. The van der Waals surface area contributed by atoms with Crippen LogP contribution in [0.1, 0.15) is 41.7 Å². The summed E-state index contributed by atoms with van der Waals surface area (Å²) in [6.45, 7) is 4.68. The van der Waals surface area contributed by atoms with Crippen molar-refractivity contribution in [2.45, 2.75) is 45.1 Å². The third-order valence-electron chi connectivity index (χ3n) is 6.09. The van der Waals surface area contributed by atoms with Gasteiger partial charge in [0, 0.05) is 22.2 Å². The molecular weight excluding hydrogens is 454 g/mol. The van der Waals surface area contributed by atoms with Gasteiger partial charge in [-0.3, -0.25) is 9.69 Å². The summed E-state index contributed by atoms with van der Waals surface area (Å²) in [5.41, 5.74) is 3.85. The molecule has 2 heterocycles. The Morgan fingerprint density at radius 1 is 1.06 bits per heavy atom. The zero-order chi connectivity index (χ0) is 22.3. The number of halogens is 1. The van der Waals surface area contributed by atoms with Gasteiger partial charge in [-0.1, -0.05) is 36.4 Å². The summed E-state index contributed by atoms with van der Waals surface area (Å²) in [4.78, 5) is 15.8. The lowest BCUT2D eigenvalue weighted by molar-refractivity contribution is -0.137. The Balaban J connectivity index is 0.00000306. The highest BCUT2D eigenvalue weighted by Crippen LogP contribution is 2.28. The van der Waals surface area contributed by atoms with Crippen molar-refractivity contribution in [1.29, 1.82) is 0 Å². The van der Waals surface area contributed by atoms with Crippen LogP contribution in [0.2, 0.25) is 0 Å². The number of nitrogens with zero attached hydrogens (tertiary/aromatic N) is 1. The fraction of sp³-hybridized carbons (Fsp3) is 0.370. The molecule has 0 spiro atoms. The Bertz CT molecular complexity index is 1020. The highest BCUT2D eigenvalue weighted by Gasteiger charge is 2.24. The second-order valence-corrected chi connectivity index (χ2v) is 9.86. The summed E-state index contributed by atoms with van der Waals surface area (Å²) < 4.78 is 6.06. The van der Waals surface area contributed by atoms with Crippen LogP contribution < -0.4 is 4.74 Å². The Hall–Kier alpha value is -2.34. The molecule has 2 aromatic carbocycles. The maximum Gasteiger partial charge on any atom is 0.303 e. The van der Waals surface area contributed by atoms with Crippen LogP contribution in [0, 0.1) is 6.92 Å². The van der Waals surface area contributed by atoms with Crippen LogP contribution >= 0.6 is 23.7 Å². The molecule has 1 N–H and O–H groups in total. The third-order valence-corrected chi connectivity index (χ3v) is 7.14. The van der Waals surface area contributed by atoms with E-state index in [-0.39, 0.29) is 18.8 Å². The number of aliphatic carboxylic acids is 1. The molecule has 0 bridgehead atoms. The number of ether oxygens (including phenoxy) is 1. The molecular formula is C27H32ClNO3S. The van der Waals surface area contributed by atoms with E-state index in [0.717, 1.165) is 38.1 Å². The molecule has 1 saturated heterocycles. The van der Waals surface area contributed by atoms with E-state index in [2.05, 4.69) is 72.5 Å². The number of benzene rings is 2. The first-order valence-corrected chi connectivity index (χ1v) is 12.2. The molecule has 1 atom stereocenters. The molecule has 1 aliphatic heterocycles. The molecule has 3 aromatic rings. The average Bonchev–Trinajstić information content (AvgIpc) is 3.42. The Kier molecular flexibility index (Phi) is 9.36. The van der Waals surface area contributed by atoms with Gasteiger partial charge in [0.15, 0.2) is 0 Å². The van der Waals surface area contributed by atoms with E-state index in [9.17, 15) is 4.79 Å². The summed E-state index contributed by atoms with van der Waals surface area (Å²) >= 11 is 1.83. The van der Waals surface area contributed by atoms with Gasteiger partial charge in [0.25, 0.3) is 0 Å². The Morgan fingerprint density at radius 3 is 2.39 bits per heavy atom. The van der Waals surface area contributed by atoms with Crippen LogP contribution in [-0.4, -0.2) is 41.7 Å². The topological polar surface area (TPSA) is 49.8 Å². The molecule has 0 radical (unpaired) electrons. The van der Waals surface area contributed by atoms with Crippen molar-refractivity contribution < 1.29 is 14.6 Å². The minimum atomic E-state index is -0.717. The second kappa shape index (κ2) is 12.2. The number of likely N-dealkylation sites (tertiary alicyclic amines) is 1. The van der Waals surface area contributed by atoms with Gasteiger partial charge in [-0.05, 0) is 86.7 Å². The van der Waals surface area contributed by atoms with Crippen molar-refractivity contribution in [3.8, 4) is 16.2 Å². The normalized spacial score (nSPS) is 15.8. The number of rotatable bonds is 10. The first-order valence-electron chi connectivity index (χ1n) is 11.4. The molecule has 1 aliphatic rings. The van der Waals surface area contributed by atoms with Gasteiger partial charge in [0.2, 0.25) is 0 Å². The maximum absolute atomic E-state index is 10.7. The number of thiophene rings is 1. The summed E-state index contributed by atoms with van der Waals surface area (Å²) in [7, 11) is 0. The van der Waals surface area contributed by atoms with Gasteiger partial charge < -0.3 is 9.84 Å². The van der Waals surface area contributed by atoms with Crippen LogP contribution in [0.25, 0.3) is 10.4 Å². The molecule has 0 unspecified atom stereocenters. The number of hydrogen-bond acceptors (Lipinski definition) is 4. The molecule has 1 fully saturated rings. The van der Waals surface area contributed by atoms with Crippen LogP contribution in [-0.2, 0) is 11.2 Å². The summed E-state index contributed by atoms with van der Waals surface area (Å²) in [6.07, 6.45) is 4.12. The van der Waals surface area contributed by atoms with E-state index < -0.39 is 5.97 Å². The lowest BCUT2D eigenvalue weighted by Gasteiger charge is -2.24. The van der Waals surface area contributed by atoms with Crippen molar-refractivity contribution in [3.63, 3.8) is 0 Å². The van der Waals surface area contributed by atoms with E-state index >= 15 is 0 Å². The highest BCUT2D eigenvalue weighted by atomic mass is 35.5. The lowest BCUT2D eigenvalue weighted by Crippen LogP contribution is -2.35. The lowest BCUT2D eigenvalue weighted by atomic mass is 10.0. The van der Waals surface area contributed by atoms with Crippen molar-refractivity contribution in [2.75, 3.05) is 19.7 Å².